The third-order valence-electron chi connectivity index (χ3n) is 4.37. The van der Waals surface area contributed by atoms with Crippen LogP contribution in [-0.4, -0.2) is 40.9 Å². The second-order valence-corrected chi connectivity index (χ2v) is 6.80. The van der Waals surface area contributed by atoms with Crippen LogP contribution < -0.4 is 4.74 Å². The minimum Gasteiger partial charge on any atom is -0.497 e. The quantitative estimate of drug-likeness (QED) is 0.604. The summed E-state index contributed by atoms with van der Waals surface area (Å²) < 4.78 is 10.5. The maximum absolute atomic E-state index is 12.5. The number of benzene rings is 1. The molecule has 4 unspecified atom stereocenters. The van der Waals surface area contributed by atoms with Gasteiger partial charge in [-0.1, -0.05) is 28.1 Å². The minimum absolute atomic E-state index is 0.0441. The van der Waals surface area contributed by atoms with Gasteiger partial charge in [-0.25, -0.2) is 0 Å². The van der Waals surface area contributed by atoms with E-state index in [-0.39, 0.29) is 34.8 Å². The van der Waals surface area contributed by atoms with Gasteiger partial charge in [0, 0.05) is 13.5 Å². The predicted octanol–water partition coefficient (Wildman–Crippen LogP) is 2.12. The molecule has 3 rings (SSSR count). The molecule has 2 fully saturated rings. The molecule has 1 aromatic carbocycles. The van der Waals surface area contributed by atoms with Crippen LogP contribution in [0.1, 0.15) is 18.9 Å². The van der Waals surface area contributed by atoms with Crippen LogP contribution >= 0.6 is 15.9 Å². The maximum Gasteiger partial charge on any atom is 0.302 e. The number of halogens is 1. The maximum atomic E-state index is 12.5. The Morgan fingerprint density at radius 3 is 2.59 bits per heavy atom. The Hall–Kier alpha value is -1.56. The van der Waals surface area contributed by atoms with Crippen molar-refractivity contribution in [2.75, 3.05) is 7.11 Å². The number of nitrogens with zero attached hydrogens (tertiary/aromatic N) is 1. The number of ether oxygens (including phenoxy) is 2. The lowest BCUT2D eigenvalue weighted by molar-refractivity contribution is -0.155. The van der Waals surface area contributed by atoms with Crippen molar-refractivity contribution in [1.82, 2.24) is 4.90 Å². The Labute approximate surface area is 137 Å². The summed E-state index contributed by atoms with van der Waals surface area (Å²) in [6.07, 6.45) is 0.390. The number of carbonyl (C=O) groups excluding carboxylic acids is 2. The van der Waals surface area contributed by atoms with E-state index in [4.69, 9.17) is 9.47 Å². The van der Waals surface area contributed by atoms with Crippen LogP contribution in [0.2, 0.25) is 0 Å². The highest BCUT2D eigenvalue weighted by Gasteiger charge is 2.58. The van der Waals surface area contributed by atoms with Crippen molar-refractivity contribution in [3.05, 3.63) is 29.8 Å². The second kappa shape index (κ2) is 5.91. The van der Waals surface area contributed by atoms with Gasteiger partial charge in [0.2, 0.25) is 5.91 Å². The number of piperidine rings is 1. The van der Waals surface area contributed by atoms with Crippen molar-refractivity contribution in [2.24, 2.45) is 5.92 Å². The topological polar surface area (TPSA) is 55.8 Å². The highest BCUT2D eigenvalue weighted by atomic mass is 79.9. The predicted molar refractivity (Wildman–Crippen MR) is 83.7 cm³/mol. The van der Waals surface area contributed by atoms with E-state index in [9.17, 15) is 9.59 Å². The Bertz CT molecular complexity index is 588. The van der Waals surface area contributed by atoms with E-state index < -0.39 is 0 Å². The van der Waals surface area contributed by atoms with Gasteiger partial charge in [0.25, 0.3) is 0 Å². The molecule has 1 aliphatic heterocycles. The average molecular weight is 368 g/mol. The Morgan fingerprint density at radius 1 is 1.36 bits per heavy atom. The van der Waals surface area contributed by atoms with Gasteiger partial charge in [0.05, 0.1) is 23.9 Å². The molecule has 118 valence electrons. The molecule has 1 heterocycles. The van der Waals surface area contributed by atoms with Crippen LogP contribution in [0.15, 0.2) is 24.3 Å². The number of hydrogen-bond donors (Lipinski definition) is 0. The van der Waals surface area contributed by atoms with Gasteiger partial charge in [-0.2, -0.15) is 0 Å². The summed E-state index contributed by atoms with van der Waals surface area (Å²) in [6.45, 7) is 1.93. The molecule has 0 N–H and O–H groups in total. The standard InChI is InChI=1S/C16H18BrNO4/c1-9(19)22-13-7-12-14(17)15(13)18(16(12)20)8-10-3-5-11(21-2)6-4-10/h3-6,12-15H,7-8H2,1-2H3. The highest BCUT2D eigenvalue weighted by molar-refractivity contribution is 9.09. The highest BCUT2D eigenvalue weighted by Crippen LogP contribution is 2.45. The van der Waals surface area contributed by atoms with Crippen LogP contribution in [0.4, 0.5) is 0 Å². The zero-order valence-electron chi connectivity index (χ0n) is 12.5. The second-order valence-electron chi connectivity index (χ2n) is 5.74. The Balaban J connectivity index is 1.77. The summed E-state index contributed by atoms with van der Waals surface area (Å²) in [5.74, 6) is 0.516. The number of esters is 1. The van der Waals surface area contributed by atoms with E-state index in [2.05, 4.69) is 15.9 Å². The van der Waals surface area contributed by atoms with Crippen LogP contribution in [-0.2, 0) is 20.9 Å². The van der Waals surface area contributed by atoms with Crippen molar-refractivity contribution >= 4 is 27.8 Å². The van der Waals surface area contributed by atoms with Gasteiger partial charge in [-0.3, -0.25) is 9.59 Å². The molecule has 1 aliphatic carbocycles. The minimum atomic E-state index is -0.297. The van der Waals surface area contributed by atoms with E-state index in [1.165, 1.54) is 6.92 Å². The van der Waals surface area contributed by atoms with Gasteiger partial charge in [-0.15, -0.1) is 0 Å². The number of hydrogen-bond acceptors (Lipinski definition) is 4. The molecule has 1 saturated carbocycles. The van der Waals surface area contributed by atoms with Gasteiger partial charge >= 0.3 is 5.97 Å². The lowest BCUT2D eigenvalue weighted by atomic mass is 10.1. The molecule has 1 amide bonds. The first-order chi connectivity index (χ1) is 10.5. The Kier molecular flexibility index (Phi) is 4.12. The monoisotopic (exact) mass is 367 g/mol. The molecule has 22 heavy (non-hydrogen) atoms. The third-order valence-corrected chi connectivity index (χ3v) is 5.55. The molecule has 0 spiro atoms. The van der Waals surface area contributed by atoms with E-state index in [1.54, 1.807) is 7.11 Å². The average Bonchev–Trinajstić information content (AvgIpc) is 2.90. The van der Waals surface area contributed by atoms with E-state index in [0.29, 0.717) is 13.0 Å². The van der Waals surface area contributed by atoms with Gasteiger partial charge in [0.1, 0.15) is 11.9 Å². The SMILES string of the molecule is COc1ccc(CN2C(=O)C3CC(OC(C)=O)C2C3Br)cc1. The molecule has 0 aromatic heterocycles. The number of fused-ring (bicyclic) bond motifs is 2. The number of carbonyl (C=O) groups is 2. The zero-order chi connectivity index (χ0) is 15.9. The molecule has 1 saturated heterocycles. The molecular weight excluding hydrogens is 350 g/mol. The van der Waals surface area contributed by atoms with E-state index in [0.717, 1.165) is 11.3 Å². The molecular formula is C16H18BrNO4. The fraction of sp³-hybridized carbons (Fsp3) is 0.500. The van der Waals surface area contributed by atoms with Crippen LogP contribution in [0.25, 0.3) is 0 Å². The summed E-state index contributed by atoms with van der Waals surface area (Å²) in [6, 6.07) is 7.56. The van der Waals surface area contributed by atoms with Gasteiger partial charge < -0.3 is 14.4 Å². The third kappa shape index (κ3) is 2.60. The number of methoxy groups -OCH3 is 1. The van der Waals surface area contributed by atoms with E-state index >= 15 is 0 Å². The zero-order valence-corrected chi connectivity index (χ0v) is 14.1. The Morgan fingerprint density at radius 2 is 2.05 bits per heavy atom. The van der Waals surface area contributed by atoms with Crippen LogP contribution in [0.3, 0.4) is 0 Å². The fourth-order valence-electron chi connectivity index (χ4n) is 3.37. The first kappa shape index (κ1) is 15.3. The van der Waals surface area contributed by atoms with Crippen molar-refractivity contribution in [1.29, 1.82) is 0 Å². The summed E-state index contributed by atoms with van der Waals surface area (Å²) in [7, 11) is 1.62. The number of likely N-dealkylation sites (tertiary alicyclic amines) is 1. The van der Waals surface area contributed by atoms with Gasteiger partial charge in [0.15, 0.2) is 0 Å². The summed E-state index contributed by atoms with van der Waals surface area (Å²) >= 11 is 3.61. The molecule has 2 bridgehead atoms. The fourth-order valence-corrected chi connectivity index (χ4v) is 4.44. The number of amides is 1. The molecule has 0 radical (unpaired) electrons. The molecule has 6 heteroatoms. The summed E-state index contributed by atoms with van der Waals surface area (Å²) in [5.41, 5.74) is 1.03. The molecule has 5 nitrogen and oxygen atoms in total. The lowest BCUT2D eigenvalue weighted by Gasteiger charge is -2.32. The number of rotatable bonds is 4. The van der Waals surface area contributed by atoms with Crippen molar-refractivity contribution < 1.29 is 19.1 Å². The first-order valence-corrected chi connectivity index (χ1v) is 8.17. The van der Waals surface area contributed by atoms with Crippen molar-refractivity contribution in [3.63, 3.8) is 0 Å². The molecule has 2 aliphatic rings. The van der Waals surface area contributed by atoms with Crippen LogP contribution in [0, 0.1) is 5.92 Å². The summed E-state index contributed by atoms with van der Waals surface area (Å²) in [5, 5.41) is 0. The van der Waals surface area contributed by atoms with E-state index in [1.807, 2.05) is 29.2 Å². The smallest absolute Gasteiger partial charge is 0.302 e. The van der Waals surface area contributed by atoms with Gasteiger partial charge in [-0.05, 0) is 24.1 Å². The summed E-state index contributed by atoms with van der Waals surface area (Å²) in [4.78, 5) is 25.6. The van der Waals surface area contributed by atoms with Crippen LogP contribution in [0.5, 0.6) is 5.75 Å². The largest absolute Gasteiger partial charge is 0.497 e. The van der Waals surface area contributed by atoms with Crippen molar-refractivity contribution in [3.8, 4) is 5.75 Å². The first-order valence-electron chi connectivity index (χ1n) is 7.26. The normalized spacial score (nSPS) is 29.8. The molecule has 1 aromatic rings. The van der Waals surface area contributed by atoms with Crippen molar-refractivity contribution in [2.45, 2.75) is 36.9 Å². The molecule has 4 atom stereocenters. The lowest BCUT2D eigenvalue weighted by Crippen LogP contribution is -2.46. The number of alkyl halides is 1.